The lowest BCUT2D eigenvalue weighted by molar-refractivity contribution is -0.122. The molecule has 1 aromatic heterocycles. The summed E-state index contributed by atoms with van der Waals surface area (Å²) < 4.78 is 1.55. The van der Waals surface area contributed by atoms with E-state index in [9.17, 15) is 9.90 Å². The number of rotatable bonds is 5. The second-order valence-corrected chi connectivity index (χ2v) is 6.30. The fraction of sp³-hybridized carbons (Fsp3) is 0.769. The van der Waals surface area contributed by atoms with Crippen molar-refractivity contribution < 1.29 is 9.90 Å². The van der Waals surface area contributed by atoms with E-state index < -0.39 is 6.10 Å². The van der Waals surface area contributed by atoms with Crippen molar-refractivity contribution in [1.29, 1.82) is 0 Å². The van der Waals surface area contributed by atoms with E-state index in [1.54, 1.807) is 4.68 Å². The molecule has 1 atom stereocenters. The molecule has 19 heavy (non-hydrogen) atoms. The van der Waals surface area contributed by atoms with Gasteiger partial charge in [-0.15, -0.1) is 5.10 Å². The van der Waals surface area contributed by atoms with Crippen LogP contribution in [-0.2, 0) is 11.3 Å². The Morgan fingerprint density at radius 1 is 1.58 bits per heavy atom. The van der Waals surface area contributed by atoms with Crippen LogP contribution in [0.15, 0.2) is 6.20 Å². The predicted octanol–water partition coefficient (Wildman–Crippen LogP) is 0.679. The van der Waals surface area contributed by atoms with Gasteiger partial charge in [0.1, 0.15) is 6.54 Å². The molecule has 1 aromatic rings. The highest BCUT2D eigenvalue weighted by atomic mass is 16.3. The number of aliphatic hydroxyl groups is 1. The van der Waals surface area contributed by atoms with Crippen LogP contribution < -0.4 is 5.32 Å². The third-order valence-corrected chi connectivity index (χ3v) is 3.35. The largest absolute Gasteiger partial charge is 0.391 e. The van der Waals surface area contributed by atoms with Gasteiger partial charge >= 0.3 is 0 Å². The number of hydrogen-bond acceptors (Lipinski definition) is 4. The molecule has 0 bridgehead atoms. The van der Waals surface area contributed by atoms with Crippen molar-refractivity contribution in [3.8, 4) is 0 Å². The van der Waals surface area contributed by atoms with Crippen LogP contribution in [-0.4, -0.2) is 38.7 Å². The average Bonchev–Trinajstić information content (AvgIpc) is 3.06. The van der Waals surface area contributed by atoms with Gasteiger partial charge in [-0.3, -0.25) is 4.79 Å². The molecule has 1 fully saturated rings. The van der Waals surface area contributed by atoms with E-state index in [1.165, 1.54) is 12.8 Å². The van der Waals surface area contributed by atoms with Gasteiger partial charge in [0.2, 0.25) is 5.91 Å². The molecule has 1 amide bonds. The molecular formula is C13H22N4O2. The third kappa shape index (κ3) is 4.02. The van der Waals surface area contributed by atoms with Crippen LogP contribution in [0, 0.1) is 5.41 Å². The van der Waals surface area contributed by atoms with Gasteiger partial charge in [-0.1, -0.05) is 26.0 Å². The zero-order chi connectivity index (χ0) is 14.0. The molecule has 2 N–H and O–H groups in total. The van der Waals surface area contributed by atoms with Gasteiger partial charge in [-0.25, -0.2) is 4.68 Å². The van der Waals surface area contributed by atoms with Gasteiger partial charge < -0.3 is 10.4 Å². The van der Waals surface area contributed by atoms with Crippen LogP contribution in [0.2, 0.25) is 0 Å². The Morgan fingerprint density at radius 2 is 2.26 bits per heavy atom. The molecule has 1 heterocycles. The summed E-state index contributed by atoms with van der Waals surface area (Å²) in [7, 11) is 0. The summed E-state index contributed by atoms with van der Waals surface area (Å²) in [6.45, 7) is 6.21. The van der Waals surface area contributed by atoms with Crippen LogP contribution in [0.4, 0.5) is 0 Å². The minimum atomic E-state index is -0.561. The van der Waals surface area contributed by atoms with Crippen molar-refractivity contribution in [2.75, 3.05) is 6.54 Å². The summed E-state index contributed by atoms with van der Waals surface area (Å²) in [5.74, 6) is 0.384. The summed E-state index contributed by atoms with van der Waals surface area (Å²) in [6.07, 6.45) is 3.61. The third-order valence-electron chi connectivity index (χ3n) is 3.35. The molecule has 0 spiro atoms. The minimum absolute atomic E-state index is 0.149. The van der Waals surface area contributed by atoms with Crippen LogP contribution in [0.25, 0.3) is 0 Å². The van der Waals surface area contributed by atoms with Crippen molar-refractivity contribution >= 4 is 5.91 Å². The first kappa shape index (κ1) is 14.0. The summed E-state index contributed by atoms with van der Waals surface area (Å²) in [4.78, 5) is 11.7. The van der Waals surface area contributed by atoms with Crippen molar-refractivity contribution in [1.82, 2.24) is 20.3 Å². The summed E-state index contributed by atoms with van der Waals surface area (Å²) >= 11 is 0. The van der Waals surface area contributed by atoms with Crippen molar-refractivity contribution in [3.05, 3.63) is 11.9 Å². The van der Waals surface area contributed by atoms with E-state index in [4.69, 9.17) is 0 Å². The van der Waals surface area contributed by atoms with Crippen molar-refractivity contribution in [2.24, 2.45) is 5.41 Å². The lowest BCUT2D eigenvalue weighted by Crippen LogP contribution is -2.40. The topological polar surface area (TPSA) is 80.0 Å². The smallest absolute Gasteiger partial charge is 0.241 e. The monoisotopic (exact) mass is 266 g/mol. The molecule has 0 saturated heterocycles. The maximum absolute atomic E-state index is 11.7. The molecular weight excluding hydrogens is 244 g/mol. The molecule has 2 rings (SSSR count). The Morgan fingerprint density at radius 3 is 2.84 bits per heavy atom. The lowest BCUT2D eigenvalue weighted by atomic mass is 9.89. The quantitative estimate of drug-likeness (QED) is 0.821. The number of carbonyl (C=O) groups excluding carboxylic acids is 1. The van der Waals surface area contributed by atoms with Gasteiger partial charge in [-0.05, 0) is 18.3 Å². The Bertz CT molecular complexity index is 446. The maximum atomic E-state index is 11.7. The summed E-state index contributed by atoms with van der Waals surface area (Å²) in [5.41, 5.74) is 0.738. The van der Waals surface area contributed by atoms with Gasteiger partial charge in [-0.2, -0.15) is 0 Å². The highest BCUT2D eigenvalue weighted by Crippen LogP contribution is 2.38. The highest BCUT2D eigenvalue weighted by Gasteiger charge is 2.27. The molecule has 1 unspecified atom stereocenters. The molecule has 0 radical (unpaired) electrons. The maximum Gasteiger partial charge on any atom is 0.241 e. The van der Waals surface area contributed by atoms with Crippen molar-refractivity contribution in [3.63, 3.8) is 0 Å². The number of aliphatic hydroxyl groups excluding tert-OH is 1. The van der Waals surface area contributed by atoms with Crippen LogP contribution in [0.5, 0.6) is 0 Å². The van der Waals surface area contributed by atoms with Gasteiger partial charge in [0.15, 0.2) is 0 Å². The van der Waals surface area contributed by atoms with Crippen molar-refractivity contribution in [2.45, 2.75) is 52.2 Å². The number of carbonyl (C=O) groups is 1. The normalized spacial score (nSPS) is 17.3. The number of nitrogens with one attached hydrogen (secondary N) is 1. The molecule has 6 nitrogen and oxygen atoms in total. The fourth-order valence-corrected chi connectivity index (χ4v) is 1.68. The van der Waals surface area contributed by atoms with Gasteiger partial charge in [0, 0.05) is 18.7 Å². The first-order valence-electron chi connectivity index (χ1n) is 6.71. The number of nitrogens with zero attached hydrogens (tertiary/aromatic N) is 3. The van der Waals surface area contributed by atoms with E-state index in [0.29, 0.717) is 5.92 Å². The van der Waals surface area contributed by atoms with E-state index in [2.05, 4.69) is 15.6 Å². The molecule has 0 aromatic carbocycles. The predicted molar refractivity (Wildman–Crippen MR) is 70.5 cm³/mol. The minimum Gasteiger partial charge on any atom is -0.391 e. The number of hydrogen-bond donors (Lipinski definition) is 2. The Balaban J connectivity index is 1.77. The second kappa shape index (κ2) is 5.28. The SMILES string of the molecule is CC(C)(C)C(O)CNC(=O)Cn1cc(C2CC2)nn1. The van der Waals surface area contributed by atoms with Crippen LogP contribution in [0.1, 0.15) is 45.2 Å². The van der Waals surface area contributed by atoms with E-state index in [-0.39, 0.29) is 24.4 Å². The Hall–Kier alpha value is -1.43. The highest BCUT2D eigenvalue weighted by molar-refractivity contribution is 5.75. The molecule has 0 aliphatic heterocycles. The van der Waals surface area contributed by atoms with E-state index in [0.717, 1.165) is 5.69 Å². The summed E-state index contributed by atoms with van der Waals surface area (Å²) in [5, 5.41) is 20.5. The van der Waals surface area contributed by atoms with Gasteiger partial charge in [0.05, 0.1) is 11.8 Å². The fourth-order valence-electron chi connectivity index (χ4n) is 1.68. The number of aromatic nitrogens is 3. The Labute approximate surface area is 113 Å². The molecule has 1 saturated carbocycles. The zero-order valence-corrected chi connectivity index (χ0v) is 11.8. The van der Waals surface area contributed by atoms with E-state index >= 15 is 0 Å². The average molecular weight is 266 g/mol. The number of amides is 1. The first-order valence-corrected chi connectivity index (χ1v) is 6.71. The molecule has 1 aliphatic rings. The molecule has 1 aliphatic carbocycles. The standard InChI is InChI=1S/C13H22N4O2/c1-13(2,3)11(18)6-14-12(19)8-17-7-10(15-16-17)9-4-5-9/h7,9,11,18H,4-6,8H2,1-3H3,(H,14,19). The Kier molecular flexibility index (Phi) is 3.89. The summed E-state index contributed by atoms with van der Waals surface area (Å²) in [6, 6.07) is 0. The van der Waals surface area contributed by atoms with Crippen LogP contribution >= 0.6 is 0 Å². The second-order valence-electron chi connectivity index (χ2n) is 6.30. The van der Waals surface area contributed by atoms with E-state index in [1.807, 2.05) is 27.0 Å². The van der Waals surface area contributed by atoms with Gasteiger partial charge in [0.25, 0.3) is 0 Å². The zero-order valence-electron chi connectivity index (χ0n) is 11.8. The first-order chi connectivity index (χ1) is 8.86. The van der Waals surface area contributed by atoms with Crippen LogP contribution in [0.3, 0.4) is 0 Å². The lowest BCUT2D eigenvalue weighted by Gasteiger charge is -2.25. The molecule has 6 heteroatoms. The molecule has 106 valence electrons.